The SMILES string of the molecule is CCCCOP(=S)(OCC(F)(F)F)c1ccccc1. The molecule has 0 aliphatic rings. The lowest BCUT2D eigenvalue weighted by atomic mass is 10.4. The maximum Gasteiger partial charge on any atom is 0.412 e. The maximum atomic E-state index is 12.3. The molecule has 0 saturated heterocycles. The molecular weight excluding hydrogens is 296 g/mol. The maximum absolute atomic E-state index is 12.3. The number of hydrogen-bond donors (Lipinski definition) is 0. The van der Waals surface area contributed by atoms with Crippen LogP contribution in [-0.2, 0) is 20.9 Å². The lowest BCUT2D eigenvalue weighted by molar-refractivity contribution is -0.153. The molecule has 0 spiro atoms. The Morgan fingerprint density at radius 1 is 1.16 bits per heavy atom. The van der Waals surface area contributed by atoms with E-state index in [9.17, 15) is 13.2 Å². The zero-order chi connectivity index (χ0) is 14.4. The minimum Gasteiger partial charge on any atom is -0.326 e. The van der Waals surface area contributed by atoms with Crippen molar-refractivity contribution in [2.45, 2.75) is 25.9 Å². The fraction of sp³-hybridized carbons (Fsp3) is 0.500. The minimum absolute atomic E-state index is 0.306. The van der Waals surface area contributed by atoms with Gasteiger partial charge >= 0.3 is 6.18 Å². The monoisotopic (exact) mass is 312 g/mol. The molecule has 1 atom stereocenters. The molecule has 0 radical (unpaired) electrons. The predicted octanol–water partition coefficient (Wildman–Crippen LogP) is 4.02. The highest BCUT2D eigenvalue weighted by Crippen LogP contribution is 2.48. The smallest absolute Gasteiger partial charge is 0.326 e. The van der Waals surface area contributed by atoms with Gasteiger partial charge in [0.25, 0.3) is 0 Å². The summed E-state index contributed by atoms with van der Waals surface area (Å²) >= 11 is 5.22. The van der Waals surface area contributed by atoms with Crippen molar-refractivity contribution in [3.05, 3.63) is 30.3 Å². The van der Waals surface area contributed by atoms with E-state index in [2.05, 4.69) is 0 Å². The Balaban J connectivity index is 2.81. The first-order chi connectivity index (χ1) is 8.87. The summed E-state index contributed by atoms with van der Waals surface area (Å²) in [6, 6.07) is 8.46. The molecule has 108 valence electrons. The van der Waals surface area contributed by atoms with Crippen molar-refractivity contribution >= 4 is 23.6 Å². The van der Waals surface area contributed by atoms with Gasteiger partial charge in [-0.3, -0.25) is 0 Å². The van der Waals surface area contributed by atoms with E-state index in [-0.39, 0.29) is 0 Å². The Labute approximate surface area is 116 Å². The molecule has 0 aliphatic carbocycles. The number of benzene rings is 1. The Hall–Kier alpha value is -0.420. The Bertz CT molecular complexity index is 423. The topological polar surface area (TPSA) is 18.5 Å². The summed E-state index contributed by atoms with van der Waals surface area (Å²) in [6.45, 7) is -2.20. The van der Waals surface area contributed by atoms with Gasteiger partial charge in [0.05, 0.1) is 6.61 Å². The van der Waals surface area contributed by atoms with Crippen LogP contribution in [0.5, 0.6) is 0 Å². The number of halogens is 3. The Morgan fingerprint density at radius 3 is 2.32 bits per heavy atom. The number of unbranched alkanes of at least 4 members (excludes halogenated alkanes) is 1. The van der Waals surface area contributed by atoms with E-state index in [4.69, 9.17) is 20.9 Å². The highest BCUT2D eigenvalue weighted by Gasteiger charge is 2.33. The van der Waals surface area contributed by atoms with Gasteiger partial charge in [-0.25, -0.2) is 0 Å². The highest BCUT2D eigenvalue weighted by molar-refractivity contribution is 8.13. The first-order valence-corrected chi connectivity index (χ1v) is 8.53. The highest BCUT2D eigenvalue weighted by atomic mass is 32.5. The molecule has 2 nitrogen and oxygen atoms in total. The number of rotatable bonds is 7. The van der Waals surface area contributed by atoms with Crippen LogP contribution in [-0.4, -0.2) is 19.4 Å². The van der Waals surface area contributed by atoms with Crippen LogP contribution in [0.2, 0.25) is 0 Å². The van der Waals surface area contributed by atoms with Gasteiger partial charge < -0.3 is 9.05 Å². The van der Waals surface area contributed by atoms with Gasteiger partial charge in [-0.05, 0) is 30.4 Å². The van der Waals surface area contributed by atoms with Gasteiger partial charge in [0, 0.05) is 5.30 Å². The molecule has 0 amide bonds. The van der Waals surface area contributed by atoms with E-state index in [0.29, 0.717) is 11.9 Å². The van der Waals surface area contributed by atoms with Crippen molar-refractivity contribution in [2.24, 2.45) is 0 Å². The van der Waals surface area contributed by atoms with Crippen molar-refractivity contribution in [3.63, 3.8) is 0 Å². The van der Waals surface area contributed by atoms with E-state index < -0.39 is 19.3 Å². The molecule has 19 heavy (non-hydrogen) atoms. The average molecular weight is 312 g/mol. The Kier molecular flexibility index (Phi) is 6.47. The summed E-state index contributed by atoms with van der Waals surface area (Å²) in [6.07, 6.45) is -2.79. The van der Waals surface area contributed by atoms with Crippen LogP contribution >= 0.6 is 6.49 Å². The van der Waals surface area contributed by atoms with E-state index in [1.165, 1.54) is 0 Å². The summed E-state index contributed by atoms with van der Waals surface area (Å²) in [5.41, 5.74) is 0. The lowest BCUT2D eigenvalue weighted by Crippen LogP contribution is -2.20. The second-order valence-corrected chi connectivity index (χ2v) is 7.38. The summed E-state index contributed by atoms with van der Waals surface area (Å²) in [4.78, 5) is 0. The molecule has 0 heterocycles. The molecule has 0 N–H and O–H groups in total. The van der Waals surface area contributed by atoms with Crippen molar-refractivity contribution in [2.75, 3.05) is 13.2 Å². The van der Waals surface area contributed by atoms with Crippen molar-refractivity contribution in [1.82, 2.24) is 0 Å². The van der Waals surface area contributed by atoms with Crippen LogP contribution in [0.15, 0.2) is 30.3 Å². The lowest BCUT2D eigenvalue weighted by Gasteiger charge is -2.23. The zero-order valence-corrected chi connectivity index (χ0v) is 12.2. The molecule has 0 aliphatic heterocycles. The fourth-order valence-electron chi connectivity index (χ4n) is 1.28. The molecule has 7 heteroatoms. The average Bonchev–Trinajstić information content (AvgIpc) is 2.37. The number of alkyl halides is 3. The third kappa shape index (κ3) is 6.04. The van der Waals surface area contributed by atoms with Crippen LogP contribution < -0.4 is 5.30 Å². The summed E-state index contributed by atoms with van der Waals surface area (Å²) < 4.78 is 47.2. The van der Waals surface area contributed by atoms with Crippen LogP contribution in [0, 0.1) is 0 Å². The van der Waals surface area contributed by atoms with Gasteiger partial charge in [-0.2, -0.15) is 13.2 Å². The van der Waals surface area contributed by atoms with Crippen LogP contribution in [0.1, 0.15) is 19.8 Å². The van der Waals surface area contributed by atoms with E-state index in [1.807, 2.05) is 6.92 Å². The summed E-state index contributed by atoms with van der Waals surface area (Å²) in [5, 5.41) is 0.505. The largest absolute Gasteiger partial charge is 0.412 e. The van der Waals surface area contributed by atoms with Crippen molar-refractivity contribution in [3.8, 4) is 0 Å². The minimum atomic E-state index is -4.41. The molecule has 0 fully saturated rings. The first kappa shape index (κ1) is 16.6. The molecule has 1 rings (SSSR count). The number of hydrogen-bond acceptors (Lipinski definition) is 3. The zero-order valence-electron chi connectivity index (χ0n) is 10.5. The molecule has 0 bridgehead atoms. The summed E-state index contributed by atoms with van der Waals surface area (Å²) in [5.74, 6) is 0. The molecule has 0 saturated carbocycles. The van der Waals surface area contributed by atoms with Crippen molar-refractivity contribution in [1.29, 1.82) is 0 Å². The van der Waals surface area contributed by atoms with Crippen LogP contribution in [0.3, 0.4) is 0 Å². The van der Waals surface area contributed by atoms with Crippen LogP contribution in [0.4, 0.5) is 13.2 Å². The third-order valence-electron chi connectivity index (χ3n) is 2.23. The van der Waals surface area contributed by atoms with E-state index >= 15 is 0 Å². The third-order valence-corrected chi connectivity index (χ3v) is 5.42. The van der Waals surface area contributed by atoms with Crippen molar-refractivity contribution < 1.29 is 22.2 Å². The molecule has 1 aromatic carbocycles. The molecule has 1 aromatic rings. The quantitative estimate of drug-likeness (QED) is 0.560. The first-order valence-electron chi connectivity index (χ1n) is 5.89. The standard InChI is InChI=1S/C12H16F3O2PS/c1-2-3-9-16-18(19,17-10-12(13,14)15)11-7-5-4-6-8-11/h4-8H,2-3,9-10H2,1H3. The second kappa shape index (κ2) is 7.39. The molecule has 1 unspecified atom stereocenters. The molecule has 0 aromatic heterocycles. The van der Waals surface area contributed by atoms with Crippen LogP contribution in [0.25, 0.3) is 0 Å². The van der Waals surface area contributed by atoms with Gasteiger partial charge in [0.2, 0.25) is 6.49 Å². The van der Waals surface area contributed by atoms with E-state index in [1.54, 1.807) is 30.3 Å². The summed E-state index contributed by atoms with van der Waals surface area (Å²) in [7, 11) is 0. The van der Waals surface area contributed by atoms with Gasteiger partial charge in [-0.1, -0.05) is 31.5 Å². The molecular formula is C12H16F3O2PS. The Morgan fingerprint density at radius 2 is 1.79 bits per heavy atom. The fourth-order valence-corrected chi connectivity index (χ4v) is 3.63. The predicted molar refractivity (Wildman–Crippen MR) is 73.2 cm³/mol. The van der Waals surface area contributed by atoms with Gasteiger partial charge in [-0.15, -0.1) is 0 Å². The second-order valence-electron chi connectivity index (χ2n) is 3.91. The van der Waals surface area contributed by atoms with Gasteiger partial charge in [0.15, 0.2) is 6.61 Å². The van der Waals surface area contributed by atoms with E-state index in [0.717, 1.165) is 12.8 Å². The van der Waals surface area contributed by atoms with Gasteiger partial charge in [0.1, 0.15) is 0 Å². The normalized spacial score (nSPS) is 15.2.